The highest BCUT2D eigenvalue weighted by atomic mass is 16.7. The predicted octanol–water partition coefficient (Wildman–Crippen LogP) is 2.18. The Kier molecular flexibility index (Phi) is 5.16. The van der Waals surface area contributed by atoms with Crippen molar-refractivity contribution in [1.82, 2.24) is 9.71 Å². The van der Waals surface area contributed by atoms with Crippen LogP contribution in [0.5, 0.6) is 5.75 Å². The molecule has 1 aromatic heterocycles. The van der Waals surface area contributed by atoms with E-state index in [4.69, 9.17) is 14.3 Å². The lowest BCUT2D eigenvalue weighted by Crippen LogP contribution is -2.36. The van der Waals surface area contributed by atoms with Gasteiger partial charge in [0.1, 0.15) is 23.6 Å². The summed E-state index contributed by atoms with van der Waals surface area (Å²) in [5.74, 6) is 0.779. The van der Waals surface area contributed by atoms with E-state index in [-0.39, 0.29) is 12.2 Å². The van der Waals surface area contributed by atoms with Crippen LogP contribution >= 0.6 is 0 Å². The normalized spacial score (nSPS) is 14.3. The van der Waals surface area contributed by atoms with Crippen molar-refractivity contribution in [3.8, 4) is 5.75 Å². The van der Waals surface area contributed by atoms with Crippen molar-refractivity contribution in [2.45, 2.75) is 13.5 Å². The van der Waals surface area contributed by atoms with Gasteiger partial charge in [-0.25, -0.2) is 4.98 Å². The number of nitrogens with zero attached hydrogens (tertiary/aromatic N) is 3. The number of aromatic nitrogens is 2. The fraction of sp³-hybridized carbons (Fsp3) is 0.333. The highest BCUT2D eigenvalue weighted by Gasteiger charge is 2.15. The summed E-state index contributed by atoms with van der Waals surface area (Å²) in [6.45, 7) is 5.10. The van der Waals surface area contributed by atoms with Gasteiger partial charge >= 0.3 is 5.56 Å². The molecule has 0 spiro atoms. The van der Waals surface area contributed by atoms with Crippen LogP contribution in [0.4, 0.5) is 5.69 Å². The summed E-state index contributed by atoms with van der Waals surface area (Å²) >= 11 is 0. The van der Waals surface area contributed by atoms with E-state index in [1.165, 1.54) is 4.73 Å². The van der Waals surface area contributed by atoms with Gasteiger partial charge in [0.2, 0.25) is 0 Å². The Morgan fingerprint density at radius 3 is 2.57 bits per heavy atom. The average molecular weight is 381 g/mol. The number of hydrogen-bond acceptors (Lipinski definition) is 6. The third-order valence-corrected chi connectivity index (χ3v) is 4.86. The summed E-state index contributed by atoms with van der Waals surface area (Å²) < 4.78 is 11.9. The Morgan fingerprint density at radius 2 is 1.86 bits per heavy atom. The number of methoxy groups -OCH3 is 1. The molecule has 0 unspecified atom stereocenters. The number of benzene rings is 2. The molecule has 0 bridgehead atoms. The van der Waals surface area contributed by atoms with E-state index < -0.39 is 0 Å². The summed E-state index contributed by atoms with van der Waals surface area (Å²) in [5.41, 5.74) is 3.56. The largest absolute Gasteiger partial charge is 0.497 e. The highest BCUT2D eigenvalue weighted by molar-refractivity contribution is 5.79. The standard InChI is InChI=1S/C21H23N3O4/c1-15-21(25)24(28-14-16-3-6-18(26-2)7-4-16)20-8-5-17(13-19(20)22-15)23-9-11-27-12-10-23/h3-8,13H,9-12,14H2,1-2H3. The third kappa shape index (κ3) is 3.66. The van der Waals surface area contributed by atoms with Crippen LogP contribution in [0.3, 0.4) is 0 Å². The van der Waals surface area contributed by atoms with Gasteiger partial charge in [-0.1, -0.05) is 12.1 Å². The number of aryl methyl sites for hydroxylation is 1. The molecule has 146 valence electrons. The van der Waals surface area contributed by atoms with E-state index in [9.17, 15) is 4.79 Å². The second kappa shape index (κ2) is 7.90. The molecule has 0 amide bonds. The molecule has 1 aliphatic rings. The molecule has 2 aromatic carbocycles. The molecule has 0 aliphatic carbocycles. The Hall–Kier alpha value is -3.06. The zero-order valence-electron chi connectivity index (χ0n) is 16.1. The molecule has 0 saturated carbocycles. The van der Waals surface area contributed by atoms with E-state index in [1.807, 2.05) is 42.5 Å². The summed E-state index contributed by atoms with van der Waals surface area (Å²) in [7, 11) is 1.63. The summed E-state index contributed by atoms with van der Waals surface area (Å²) in [4.78, 5) is 25.2. The van der Waals surface area contributed by atoms with Crippen LogP contribution in [0.2, 0.25) is 0 Å². The van der Waals surface area contributed by atoms with E-state index in [2.05, 4.69) is 9.88 Å². The number of ether oxygens (including phenoxy) is 2. The first kappa shape index (κ1) is 18.3. The molecule has 28 heavy (non-hydrogen) atoms. The summed E-state index contributed by atoms with van der Waals surface area (Å²) in [5, 5.41) is 0. The lowest BCUT2D eigenvalue weighted by molar-refractivity contribution is 0.0983. The van der Waals surface area contributed by atoms with Crippen molar-refractivity contribution in [1.29, 1.82) is 0 Å². The maximum absolute atomic E-state index is 12.6. The lowest BCUT2D eigenvalue weighted by Gasteiger charge is -2.29. The van der Waals surface area contributed by atoms with Crippen molar-refractivity contribution in [3.05, 3.63) is 64.1 Å². The van der Waals surface area contributed by atoms with Crippen LogP contribution in [0.15, 0.2) is 47.3 Å². The van der Waals surface area contributed by atoms with E-state index in [0.29, 0.717) is 11.2 Å². The van der Waals surface area contributed by atoms with E-state index >= 15 is 0 Å². The van der Waals surface area contributed by atoms with Crippen LogP contribution < -0.4 is 20.0 Å². The number of morpholine rings is 1. The Labute approximate surface area is 163 Å². The van der Waals surface area contributed by atoms with Gasteiger partial charge in [-0.15, -0.1) is 4.73 Å². The number of rotatable bonds is 5. The van der Waals surface area contributed by atoms with E-state index in [0.717, 1.165) is 48.8 Å². The lowest BCUT2D eigenvalue weighted by atomic mass is 10.2. The van der Waals surface area contributed by atoms with Crippen LogP contribution in [-0.2, 0) is 11.3 Å². The smallest absolute Gasteiger partial charge is 0.304 e. The summed E-state index contributed by atoms with van der Waals surface area (Å²) in [6.07, 6.45) is 0. The van der Waals surface area contributed by atoms with Crippen molar-refractivity contribution in [2.75, 3.05) is 38.3 Å². The Balaban J connectivity index is 1.64. The SMILES string of the molecule is COc1ccc(COn2c(=O)c(C)nc3cc(N4CCOCC4)ccc32)cc1. The van der Waals surface area contributed by atoms with Gasteiger partial charge in [0.05, 0.1) is 25.8 Å². The molecule has 7 nitrogen and oxygen atoms in total. The minimum Gasteiger partial charge on any atom is -0.497 e. The Morgan fingerprint density at radius 1 is 1.11 bits per heavy atom. The van der Waals surface area contributed by atoms with Crippen LogP contribution in [0, 0.1) is 6.92 Å². The minimum atomic E-state index is -0.250. The van der Waals surface area contributed by atoms with Crippen molar-refractivity contribution < 1.29 is 14.3 Å². The topological polar surface area (TPSA) is 65.8 Å². The molecule has 0 atom stereocenters. The number of hydrogen-bond donors (Lipinski definition) is 0. The fourth-order valence-electron chi connectivity index (χ4n) is 3.27. The molecule has 1 saturated heterocycles. The van der Waals surface area contributed by atoms with Gasteiger partial charge in [0.25, 0.3) is 0 Å². The molecule has 4 rings (SSSR count). The second-order valence-electron chi connectivity index (χ2n) is 6.69. The van der Waals surface area contributed by atoms with Crippen LogP contribution in [-0.4, -0.2) is 43.1 Å². The molecule has 0 radical (unpaired) electrons. The summed E-state index contributed by atoms with van der Waals surface area (Å²) in [6, 6.07) is 13.4. The van der Waals surface area contributed by atoms with Gasteiger partial charge in [-0.2, -0.15) is 0 Å². The number of fused-ring (bicyclic) bond motifs is 1. The fourth-order valence-corrected chi connectivity index (χ4v) is 3.27. The maximum atomic E-state index is 12.6. The molecule has 3 aromatic rings. The van der Waals surface area contributed by atoms with Gasteiger partial charge in [0, 0.05) is 18.8 Å². The predicted molar refractivity (Wildman–Crippen MR) is 107 cm³/mol. The first-order valence-electron chi connectivity index (χ1n) is 9.28. The zero-order valence-corrected chi connectivity index (χ0v) is 16.1. The molecule has 0 N–H and O–H groups in total. The van der Waals surface area contributed by atoms with Gasteiger partial charge in [0.15, 0.2) is 0 Å². The second-order valence-corrected chi connectivity index (χ2v) is 6.69. The molecular weight excluding hydrogens is 358 g/mol. The average Bonchev–Trinajstić information content (AvgIpc) is 2.75. The Bertz CT molecular complexity index is 1020. The first-order chi connectivity index (χ1) is 13.7. The molecule has 7 heteroatoms. The third-order valence-electron chi connectivity index (χ3n) is 4.86. The molecule has 1 aliphatic heterocycles. The molecular formula is C21H23N3O4. The monoisotopic (exact) mass is 381 g/mol. The van der Waals surface area contributed by atoms with Crippen molar-refractivity contribution in [3.63, 3.8) is 0 Å². The van der Waals surface area contributed by atoms with Crippen LogP contribution in [0.1, 0.15) is 11.3 Å². The minimum absolute atomic E-state index is 0.250. The van der Waals surface area contributed by atoms with E-state index in [1.54, 1.807) is 14.0 Å². The van der Waals surface area contributed by atoms with Gasteiger partial charge in [-0.05, 0) is 42.8 Å². The van der Waals surface area contributed by atoms with Crippen molar-refractivity contribution in [2.24, 2.45) is 0 Å². The quantitative estimate of drug-likeness (QED) is 0.675. The molecule has 2 heterocycles. The van der Waals surface area contributed by atoms with Gasteiger partial charge in [-0.3, -0.25) is 4.79 Å². The molecule has 1 fully saturated rings. The highest BCUT2D eigenvalue weighted by Crippen LogP contribution is 2.21. The van der Waals surface area contributed by atoms with Crippen molar-refractivity contribution >= 4 is 16.7 Å². The number of anilines is 1. The maximum Gasteiger partial charge on any atom is 0.304 e. The first-order valence-corrected chi connectivity index (χ1v) is 9.28. The van der Waals surface area contributed by atoms with Crippen LogP contribution in [0.25, 0.3) is 11.0 Å². The zero-order chi connectivity index (χ0) is 19.5. The van der Waals surface area contributed by atoms with Gasteiger partial charge < -0.3 is 19.2 Å².